The highest BCUT2D eigenvalue weighted by atomic mass is 16.5. The second kappa shape index (κ2) is 10.1. The van der Waals surface area contributed by atoms with Crippen LogP contribution in [0.1, 0.15) is 57.9 Å². The number of aromatic nitrogens is 2. The van der Waals surface area contributed by atoms with E-state index in [0.29, 0.717) is 36.6 Å². The molecule has 0 radical (unpaired) electrons. The quantitative estimate of drug-likeness (QED) is 0.600. The number of nitrogens with zero attached hydrogens (tertiary/aromatic N) is 3. The highest BCUT2D eigenvalue weighted by Crippen LogP contribution is 2.28. The minimum Gasteiger partial charge on any atom is -0.360 e. The van der Waals surface area contributed by atoms with Crippen LogP contribution in [0.3, 0.4) is 0 Å². The average Bonchev–Trinajstić information content (AvgIpc) is 3.34. The Hall–Kier alpha value is -4.01. The molecule has 2 N–H and O–H groups in total. The monoisotopic (exact) mass is 447 g/mol. The summed E-state index contributed by atoms with van der Waals surface area (Å²) in [6, 6.07) is 12.2. The lowest BCUT2D eigenvalue weighted by Crippen LogP contribution is -2.39. The van der Waals surface area contributed by atoms with Crippen molar-refractivity contribution in [1.82, 2.24) is 20.4 Å². The number of amides is 3. The fraction of sp³-hybridized carbons (Fsp3) is 0.292. The molecule has 3 heterocycles. The number of benzene rings is 1. The Bertz CT molecular complexity index is 1130. The minimum atomic E-state index is -0.322. The summed E-state index contributed by atoms with van der Waals surface area (Å²) in [5.41, 5.74) is 2.30. The number of rotatable bonds is 6. The van der Waals surface area contributed by atoms with Gasteiger partial charge in [0.05, 0.1) is 0 Å². The summed E-state index contributed by atoms with van der Waals surface area (Å²) in [6.45, 7) is 2.92. The molecule has 1 aliphatic heterocycles. The van der Waals surface area contributed by atoms with Crippen molar-refractivity contribution in [3.8, 4) is 0 Å². The number of hydrogen-bond acceptors (Lipinski definition) is 6. The molecule has 0 saturated carbocycles. The van der Waals surface area contributed by atoms with Crippen molar-refractivity contribution in [2.24, 2.45) is 0 Å². The molecule has 3 aromatic rings. The Morgan fingerprint density at radius 3 is 2.73 bits per heavy atom. The fourth-order valence-electron chi connectivity index (χ4n) is 3.84. The van der Waals surface area contributed by atoms with Crippen LogP contribution in [-0.2, 0) is 11.3 Å². The molecule has 2 aromatic heterocycles. The number of hydrogen-bond donors (Lipinski definition) is 2. The number of carbonyl (C=O) groups is 3. The van der Waals surface area contributed by atoms with E-state index >= 15 is 0 Å². The van der Waals surface area contributed by atoms with E-state index in [1.54, 1.807) is 47.6 Å². The van der Waals surface area contributed by atoms with Gasteiger partial charge in [-0.3, -0.25) is 19.4 Å². The Morgan fingerprint density at radius 2 is 2.00 bits per heavy atom. The molecular formula is C24H25N5O4. The van der Waals surface area contributed by atoms with Gasteiger partial charge in [-0.05, 0) is 48.7 Å². The molecule has 1 aliphatic rings. The molecule has 1 fully saturated rings. The van der Waals surface area contributed by atoms with Gasteiger partial charge in [-0.25, -0.2) is 0 Å². The molecule has 9 nitrogen and oxygen atoms in total. The van der Waals surface area contributed by atoms with Gasteiger partial charge >= 0.3 is 0 Å². The highest BCUT2D eigenvalue weighted by Gasteiger charge is 2.28. The van der Waals surface area contributed by atoms with Crippen LogP contribution < -0.4 is 10.6 Å². The lowest BCUT2D eigenvalue weighted by Gasteiger charge is -2.31. The zero-order chi connectivity index (χ0) is 23.2. The Morgan fingerprint density at radius 1 is 1.18 bits per heavy atom. The van der Waals surface area contributed by atoms with E-state index in [1.165, 1.54) is 6.92 Å². The van der Waals surface area contributed by atoms with E-state index in [2.05, 4.69) is 20.8 Å². The van der Waals surface area contributed by atoms with Gasteiger partial charge in [-0.15, -0.1) is 0 Å². The van der Waals surface area contributed by atoms with Crippen molar-refractivity contribution in [3.05, 3.63) is 77.4 Å². The maximum Gasteiger partial charge on any atom is 0.273 e. The molecule has 3 amide bonds. The first-order valence-electron chi connectivity index (χ1n) is 10.8. The SMILES string of the molecule is CC(=O)Nc1ccc(C(=O)N2CCCC(c3cc(C(=O)NCc4cccnc4)no3)C2)cc1. The molecule has 1 unspecified atom stereocenters. The van der Waals surface area contributed by atoms with Crippen LogP contribution >= 0.6 is 0 Å². The summed E-state index contributed by atoms with van der Waals surface area (Å²) in [5, 5.41) is 9.42. The van der Waals surface area contributed by atoms with Crippen molar-refractivity contribution in [2.45, 2.75) is 32.2 Å². The van der Waals surface area contributed by atoms with E-state index in [0.717, 1.165) is 18.4 Å². The lowest BCUT2D eigenvalue weighted by atomic mass is 9.94. The summed E-state index contributed by atoms with van der Waals surface area (Å²) in [6.07, 6.45) is 5.03. The van der Waals surface area contributed by atoms with Crippen LogP contribution in [0.25, 0.3) is 0 Å². The van der Waals surface area contributed by atoms with E-state index < -0.39 is 0 Å². The summed E-state index contributed by atoms with van der Waals surface area (Å²) in [7, 11) is 0. The van der Waals surface area contributed by atoms with Crippen LogP contribution in [-0.4, -0.2) is 45.9 Å². The third kappa shape index (κ3) is 5.62. The van der Waals surface area contributed by atoms with Crippen molar-refractivity contribution < 1.29 is 18.9 Å². The van der Waals surface area contributed by atoms with Crippen LogP contribution in [0.5, 0.6) is 0 Å². The van der Waals surface area contributed by atoms with Gasteiger partial charge in [0.25, 0.3) is 11.8 Å². The summed E-state index contributed by atoms with van der Waals surface area (Å²) in [5.74, 6) is -0.00114. The zero-order valence-electron chi connectivity index (χ0n) is 18.3. The summed E-state index contributed by atoms with van der Waals surface area (Å²) in [4.78, 5) is 42.4. The summed E-state index contributed by atoms with van der Waals surface area (Å²) < 4.78 is 5.46. The first-order valence-corrected chi connectivity index (χ1v) is 10.8. The van der Waals surface area contributed by atoms with Gasteiger partial charge in [0.15, 0.2) is 5.69 Å². The second-order valence-corrected chi connectivity index (χ2v) is 8.01. The van der Waals surface area contributed by atoms with E-state index in [-0.39, 0.29) is 29.3 Å². The van der Waals surface area contributed by atoms with Crippen molar-refractivity contribution in [3.63, 3.8) is 0 Å². The number of piperidine rings is 1. The third-order valence-corrected chi connectivity index (χ3v) is 5.50. The predicted octanol–water partition coefficient (Wildman–Crippen LogP) is 2.98. The number of likely N-dealkylation sites (tertiary alicyclic amines) is 1. The van der Waals surface area contributed by atoms with Gasteiger partial charge < -0.3 is 20.1 Å². The van der Waals surface area contributed by atoms with Crippen LogP contribution in [0, 0.1) is 0 Å². The molecule has 0 bridgehead atoms. The molecule has 9 heteroatoms. The standard InChI is InChI=1S/C24H25N5O4/c1-16(30)27-20-8-6-18(7-9-20)24(32)29-11-3-5-19(15-29)22-12-21(28-33-22)23(31)26-14-17-4-2-10-25-13-17/h2,4,6-10,12-13,19H,3,5,11,14-15H2,1H3,(H,26,31)(H,27,30). The molecule has 0 aliphatic carbocycles. The van der Waals surface area contributed by atoms with Gasteiger partial charge in [-0.1, -0.05) is 11.2 Å². The lowest BCUT2D eigenvalue weighted by molar-refractivity contribution is -0.114. The first-order chi connectivity index (χ1) is 16.0. The van der Waals surface area contributed by atoms with Crippen molar-refractivity contribution in [2.75, 3.05) is 18.4 Å². The number of anilines is 1. The second-order valence-electron chi connectivity index (χ2n) is 8.01. The Labute approximate surface area is 191 Å². The highest BCUT2D eigenvalue weighted by molar-refractivity contribution is 5.95. The molecule has 170 valence electrons. The van der Waals surface area contributed by atoms with E-state index in [4.69, 9.17) is 4.52 Å². The fourth-order valence-corrected chi connectivity index (χ4v) is 3.84. The first kappa shape index (κ1) is 22.2. The molecule has 4 rings (SSSR count). The van der Waals surface area contributed by atoms with E-state index in [1.807, 2.05) is 12.1 Å². The number of carbonyl (C=O) groups excluding carboxylic acids is 3. The average molecular weight is 447 g/mol. The van der Waals surface area contributed by atoms with Gasteiger partial charge in [0.2, 0.25) is 5.91 Å². The van der Waals surface area contributed by atoms with Crippen LogP contribution in [0.4, 0.5) is 5.69 Å². The zero-order valence-corrected chi connectivity index (χ0v) is 18.3. The van der Waals surface area contributed by atoms with Gasteiger partial charge in [0, 0.05) is 62.2 Å². The van der Waals surface area contributed by atoms with Crippen LogP contribution in [0.2, 0.25) is 0 Å². The maximum atomic E-state index is 13.0. The van der Waals surface area contributed by atoms with Crippen molar-refractivity contribution >= 4 is 23.4 Å². The Balaban J connectivity index is 1.36. The molecule has 1 aromatic carbocycles. The maximum absolute atomic E-state index is 13.0. The Kier molecular flexibility index (Phi) is 6.77. The largest absolute Gasteiger partial charge is 0.360 e. The molecular weight excluding hydrogens is 422 g/mol. The summed E-state index contributed by atoms with van der Waals surface area (Å²) >= 11 is 0. The number of pyridine rings is 1. The molecule has 1 saturated heterocycles. The van der Waals surface area contributed by atoms with Gasteiger partial charge in [0.1, 0.15) is 5.76 Å². The molecule has 0 spiro atoms. The van der Waals surface area contributed by atoms with Crippen molar-refractivity contribution in [1.29, 1.82) is 0 Å². The van der Waals surface area contributed by atoms with Gasteiger partial charge in [-0.2, -0.15) is 0 Å². The smallest absolute Gasteiger partial charge is 0.273 e. The van der Waals surface area contributed by atoms with Crippen LogP contribution in [0.15, 0.2) is 59.4 Å². The topological polar surface area (TPSA) is 117 Å². The number of nitrogens with one attached hydrogen (secondary N) is 2. The molecule has 1 atom stereocenters. The minimum absolute atomic E-state index is 0.0336. The predicted molar refractivity (Wildman–Crippen MR) is 121 cm³/mol. The molecule has 33 heavy (non-hydrogen) atoms. The normalized spacial score (nSPS) is 15.7. The third-order valence-electron chi connectivity index (χ3n) is 5.50. The van der Waals surface area contributed by atoms with E-state index in [9.17, 15) is 14.4 Å².